The predicted molar refractivity (Wildman–Crippen MR) is 188 cm³/mol. The molecule has 1 saturated carbocycles. The summed E-state index contributed by atoms with van der Waals surface area (Å²) in [6.07, 6.45) is 6.02. The second-order valence-corrected chi connectivity index (χ2v) is 14.7. The van der Waals surface area contributed by atoms with Gasteiger partial charge in [-0.05, 0) is 125 Å². The fourth-order valence-corrected chi connectivity index (χ4v) is 9.33. The molecule has 9 heteroatoms. The van der Waals surface area contributed by atoms with Crippen LogP contribution in [-0.2, 0) is 16.7 Å². The minimum Gasteiger partial charge on any atom is -0.453 e. The molecule has 2 aromatic rings. The van der Waals surface area contributed by atoms with Gasteiger partial charge in [0.25, 0.3) is 0 Å². The summed E-state index contributed by atoms with van der Waals surface area (Å²) in [5.74, 6) is 1.09. The molecule has 3 heterocycles. The molecule has 0 radical (unpaired) electrons. The van der Waals surface area contributed by atoms with Gasteiger partial charge >= 0.3 is 6.09 Å². The first-order valence-electron chi connectivity index (χ1n) is 18.4. The second kappa shape index (κ2) is 15.6. The Kier molecular flexibility index (Phi) is 11.2. The number of carbonyl (C=O) groups excluding carboxylic acids is 1. The number of piperidine rings is 1. The third-order valence-electron chi connectivity index (χ3n) is 12.1. The summed E-state index contributed by atoms with van der Waals surface area (Å²) in [6.45, 7) is 15.5. The molecule has 0 unspecified atom stereocenters. The number of benzene rings is 2. The number of ether oxygens (including phenoxy) is 1. The number of hydrogen-bond donors (Lipinski definition) is 1. The van der Waals surface area contributed by atoms with Crippen molar-refractivity contribution >= 4 is 11.8 Å². The molecule has 2 aromatic carbocycles. The fraction of sp³-hybridized carbons (Fsp3) is 0.641. The van der Waals surface area contributed by atoms with E-state index in [0.29, 0.717) is 11.8 Å². The Balaban J connectivity index is 1.14. The Morgan fingerprint density at radius 2 is 1.79 bits per heavy atom. The van der Waals surface area contributed by atoms with E-state index in [1.165, 1.54) is 19.2 Å². The number of rotatable bonds is 13. The fourth-order valence-electron chi connectivity index (χ4n) is 9.33. The van der Waals surface area contributed by atoms with Gasteiger partial charge in [0.1, 0.15) is 5.82 Å². The maximum absolute atomic E-state index is 15.0. The Morgan fingerprint density at radius 1 is 1.02 bits per heavy atom. The lowest BCUT2D eigenvalue weighted by molar-refractivity contribution is 0.0223. The van der Waals surface area contributed by atoms with E-state index in [9.17, 15) is 14.4 Å². The van der Waals surface area contributed by atoms with Crippen LogP contribution in [0.2, 0.25) is 0 Å². The minimum atomic E-state index is -0.366. The normalized spacial score (nSPS) is 23.7. The summed E-state index contributed by atoms with van der Waals surface area (Å²) in [5, 5.41) is 12.9. The van der Waals surface area contributed by atoms with Crippen LogP contribution < -0.4 is 10.2 Å². The van der Waals surface area contributed by atoms with E-state index >= 15 is 0 Å². The van der Waals surface area contributed by atoms with Crippen LogP contribution in [0.1, 0.15) is 69.1 Å². The van der Waals surface area contributed by atoms with Gasteiger partial charge < -0.3 is 24.8 Å². The third kappa shape index (κ3) is 7.36. The molecule has 0 aromatic heterocycles. The van der Waals surface area contributed by atoms with Crippen LogP contribution in [0.3, 0.4) is 0 Å². The maximum Gasteiger partial charge on any atom is 0.407 e. The summed E-state index contributed by atoms with van der Waals surface area (Å²) in [4.78, 5) is 22.5. The number of halogens is 1. The topological polar surface area (TPSA) is 75.1 Å². The smallest absolute Gasteiger partial charge is 0.407 e. The van der Waals surface area contributed by atoms with Crippen molar-refractivity contribution < 1.29 is 13.9 Å². The highest BCUT2D eigenvalue weighted by Gasteiger charge is 2.53. The summed E-state index contributed by atoms with van der Waals surface area (Å²) >= 11 is 0. The molecule has 4 fully saturated rings. The summed E-state index contributed by atoms with van der Waals surface area (Å²) in [7, 11) is 1.44. The lowest BCUT2D eigenvalue weighted by Crippen LogP contribution is -2.60. The van der Waals surface area contributed by atoms with Crippen molar-refractivity contribution in [3.63, 3.8) is 0 Å². The molecule has 3 aliphatic heterocycles. The zero-order valence-electron chi connectivity index (χ0n) is 29.3. The molecule has 260 valence electrons. The molecule has 1 aliphatic carbocycles. The molecule has 48 heavy (non-hydrogen) atoms. The van der Waals surface area contributed by atoms with E-state index < -0.39 is 0 Å². The van der Waals surface area contributed by atoms with Crippen molar-refractivity contribution in [1.29, 1.82) is 5.26 Å². The van der Waals surface area contributed by atoms with Crippen molar-refractivity contribution in [2.45, 2.75) is 70.4 Å². The molecule has 8 nitrogen and oxygen atoms in total. The average Bonchev–Trinajstić information content (AvgIpc) is 3.53. The monoisotopic (exact) mass is 658 g/mol. The standard InChI is InChI=1S/C39H55FN6O2/c1-4-43(5-2)27-31-21-35(14-13-30(31)23-41)46-25-29(26-46)24-44-19-15-32(16-20-44)39(28-45-17-8-18-45,33-9-6-10-34(40)22-33)36-11-7-12-37(36)42-38(47)48-3/h6,9-10,13-14,21-22,29,32,36-37H,4-5,7-8,11-12,15-20,24-28H2,1-3H3,(H,42,47)/t36-,37-,39-/m0/s1. The van der Waals surface area contributed by atoms with Gasteiger partial charge in [0.15, 0.2) is 0 Å². The number of anilines is 1. The van der Waals surface area contributed by atoms with Gasteiger partial charge in [-0.15, -0.1) is 0 Å². The maximum atomic E-state index is 15.0. The summed E-state index contributed by atoms with van der Waals surface area (Å²) < 4.78 is 20.0. The van der Waals surface area contributed by atoms with Crippen LogP contribution in [0.4, 0.5) is 14.9 Å². The Labute approximate surface area is 287 Å². The number of hydrogen-bond acceptors (Lipinski definition) is 7. The lowest BCUT2D eigenvalue weighted by atomic mass is 9.57. The first-order chi connectivity index (χ1) is 23.4. The molecular weight excluding hydrogens is 603 g/mol. The van der Waals surface area contributed by atoms with Gasteiger partial charge in [-0.1, -0.05) is 32.4 Å². The van der Waals surface area contributed by atoms with Crippen LogP contribution >= 0.6 is 0 Å². The van der Waals surface area contributed by atoms with Crippen molar-refractivity contribution in [3.05, 3.63) is 65.0 Å². The number of nitriles is 1. The third-order valence-corrected chi connectivity index (χ3v) is 12.1. The van der Waals surface area contributed by atoms with Gasteiger partial charge in [0.2, 0.25) is 0 Å². The van der Waals surface area contributed by atoms with Crippen LogP contribution in [-0.4, -0.2) is 99.4 Å². The second-order valence-electron chi connectivity index (χ2n) is 14.7. The van der Waals surface area contributed by atoms with E-state index in [1.807, 2.05) is 12.1 Å². The van der Waals surface area contributed by atoms with Gasteiger partial charge in [-0.25, -0.2) is 9.18 Å². The van der Waals surface area contributed by atoms with Crippen LogP contribution in [0.15, 0.2) is 42.5 Å². The van der Waals surface area contributed by atoms with Gasteiger partial charge in [-0.2, -0.15) is 5.26 Å². The van der Waals surface area contributed by atoms with E-state index in [-0.39, 0.29) is 29.3 Å². The highest BCUT2D eigenvalue weighted by Crippen LogP contribution is 2.51. The van der Waals surface area contributed by atoms with E-state index in [0.717, 1.165) is 121 Å². The lowest BCUT2D eigenvalue weighted by Gasteiger charge is -2.54. The number of carbonyl (C=O) groups is 1. The largest absolute Gasteiger partial charge is 0.453 e. The van der Waals surface area contributed by atoms with Crippen molar-refractivity contribution in [1.82, 2.24) is 20.0 Å². The van der Waals surface area contributed by atoms with Crippen molar-refractivity contribution in [2.75, 3.05) is 77.5 Å². The summed E-state index contributed by atoms with van der Waals surface area (Å²) in [6, 6.07) is 16.1. The van der Waals surface area contributed by atoms with Crippen LogP contribution in [0, 0.1) is 34.9 Å². The molecule has 6 rings (SSSR count). The van der Waals surface area contributed by atoms with Gasteiger partial charge in [-0.3, -0.25) is 4.90 Å². The molecule has 0 spiro atoms. The number of nitrogens with zero attached hydrogens (tertiary/aromatic N) is 5. The zero-order valence-corrected chi connectivity index (χ0v) is 29.3. The molecule has 3 saturated heterocycles. The Hall–Kier alpha value is -3.19. The van der Waals surface area contributed by atoms with Gasteiger partial charge in [0.05, 0.1) is 18.7 Å². The van der Waals surface area contributed by atoms with E-state index in [4.69, 9.17) is 4.74 Å². The van der Waals surface area contributed by atoms with Crippen LogP contribution in [0.5, 0.6) is 0 Å². The van der Waals surface area contributed by atoms with E-state index in [1.54, 1.807) is 12.1 Å². The first-order valence-corrected chi connectivity index (χ1v) is 18.4. The first kappa shape index (κ1) is 34.7. The molecule has 4 aliphatic rings. The number of amides is 1. The highest BCUT2D eigenvalue weighted by atomic mass is 19.1. The summed E-state index contributed by atoms with van der Waals surface area (Å²) in [5.41, 5.74) is 4.00. The van der Waals surface area contributed by atoms with Crippen molar-refractivity contribution in [2.24, 2.45) is 17.8 Å². The number of methoxy groups -OCH3 is 1. The van der Waals surface area contributed by atoms with Crippen LogP contribution in [0.25, 0.3) is 0 Å². The Bertz CT molecular complexity index is 1430. The SMILES string of the molecule is CCN(CC)Cc1cc(N2CC(CN3CCC([C@@](CN4CCC4)(c4cccc(F)c4)[C@H]4CCC[C@@H]4NC(=O)OC)CC3)C2)ccc1C#N. The number of nitrogens with one attached hydrogen (secondary N) is 1. The molecule has 1 amide bonds. The molecule has 1 N–H and O–H groups in total. The van der Waals surface area contributed by atoms with Crippen molar-refractivity contribution in [3.8, 4) is 6.07 Å². The highest BCUT2D eigenvalue weighted by molar-refractivity contribution is 5.67. The number of likely N-dealkylation sites (tertiary alicyclic amines) is 2. The van der Waals surface area contributed by atoms with E-state index in [2.05, 4.69) is 63.0 Å². The average molecular weight is 659 g/mol. The predicted octanol–water partition coefficient (Wildman–Crippen LogP) is 5.86. The van der Waals surface area contributed by atoms with Gasteiger partial charge in [0, 0.05) is 55.8 Å². The Morgan fingerprint density at radius 3 is 2.44 bits per heavy atom. The minimum absolute atomic E-state index is 0.0238. The zero-order chi connectivity index (χ0) is 33.7. The quantitative estimate of drug-likeness (QED) is 0.289. The molecule has 3 atom stereocenters. The number of alkyl carbamates (subject to hydrolysis) is 1. The molecular formula is C39H55FN6O2. The molecule has 0 bridgehead atoms.